The summed E-state index contributed by atoms with van der Waals surface area (Å²) in [7, 11) is 0. The van der Waals surface area contributed by atoms with Gasteiger partial charge in [-0.25, -0.2) is 4.39 Å². The fourth-order valence-electron chi connectivity index (χ4n) is 4.62. The van der Waals surface area contributed by atoms with Crippen LogP contribution in [0.2, 0.25) is 0 Å². The summed E-state index contributed by atoms with van der Waals surface area (Å²) in [6.45, 7) is 5.24. The molecule has 0 heterocycles. The van der Waals surface area contributed by atoms with Gasteiger partial charge in [-0.1, -0.05) is 83.1 Å². The highest BCUT2D eigenvalue weighted by atomic mass is 19.1. The number of hydrogen-bond donors (Lipinski definition) is 0. The van der Waals surface area contributed by atoms with Gasteiger partial charge < -0.3 is 4.74 Å². The summed E-state index contributed by atoms with van der Waals surface area (Å²) in [5, 5.41) is 0. The van der Waals surface area contributed by atoms with Crippen LogP contribution in [0.25, 0.3) is 11.1 Å². The van der Waals surface area contributed by atoms with E-state index in [9.17, 15) is 4.39 Å². The Morgan fingerprint density at radius 1 is 0.833 bits per heavy atom. The van der Waals surface area contributed by atoms with Gasteiger partial charge in [0.1, 0.15) is 11.6 Å². The van der Waals surface area contributed by atoms with Crippen molar-refractivity contribution in [2.24, 2.45) is 11.8 Å². The van der Waals surface area contributed by atoms with E-state index in [4.69, 9.17) is 4.74 Å². The van der Waals surface area contributed by atoms with Gasteiger partial charge >= 0.3 is 0 Å². The average Bonchev–Trinajstić information content (AvgIpc) is 2.78. The third kappa shape index (κ3) is 6.86. The van der Waals surface area contributed by atoms with Crippen molar-refractivity contribution in [1.82, 2.24) is 0 Å². The standard InChI is InChI=1S/C28H39FO/c1-3-5-6-7-8-9-23-14-16-25(17-15-23)27-19-18-26(20-28(27)29)30-21-24-12-10-22(4-2)11-13-24/h14-20,22,24H,3-13,21H2,1-2H3. The van der Waals surface area contributed by atoms with Crippen molar-refractivity contribution in [3.8, 4) is 16.9 Å². The average molecular weight is 411 g/mol. The molecule has 0 atom stereocenters. The lowest BCUT2D eigenvalue weighted by Crippen LogP contribution is -2.19. The van der Waals surface area contributed by atoms with E-state index in [1.165, 1.54) is 69.8 Å². The van der Waals surface area contributed by atoms with Gasteiger partial charge in [0.25, 0.3) is 0 Å². The minimum absolute atomic E-state index is 0.200. The molecule has 1 fully saturated rings. The lowest BCUT2D eigenvalue weighted by Gasteiger charge is -2.27. The van der Waals surface area contributed by atoms with E-state index in [0.29, 0.717) is 23.8 Å². The van der Waals surface area contributed by atoms with Crippen molar-refractivity contribution in [2.45, 2.75) is 84.5 Å². The first-order valence-corrected chi connectivity index (χ1v) is 12.2. The lowest BCUT2D eigenvalue weighted by atomic mass is 9.81. The Kier molecular flexibility index (Phi) is 9.24. The molecule has 1 aliphatic rings. The zero-order valence-corrected chi connectivity index (χ0v) is 19.0. The molecule has 0 bridgehead atoms. The molecule has 2 heteroatoms. The van der Waals surface area contributed by atoms with Crippen LogP contribution in [-0.2, 0) is 6.42 Å². The highest BCUT2D eigenvalue weighted by molar-refractivity contribution is 5.65. The van der Waals surface area contributed by atoms with Crippen molar-refractivity contribution in [2.75, 3.05) is 6.61 Å². The van der Waals surface area contributed by atoms with Gasteiger partial charge in [0, 0.05) is 11.6 Å². The molecule has 0 unspecified atom stereocenters. The van der Waals surface area contributed by atoms with E-state index in [1.807, 2.05) is 24.3 Å². The number of unbranched alkanes of at least 4 members (excludes halogenated alkanes) is 4. The summed E-state index contributed by atoms with van der Waals surface area (Å²) in [6.07, 6.45) is 14.0. The summed E-state index contributed by atoms with van der Waals surface area (Å²) in [5.41, 5.74) is 2.93. The second-order valence-electron chi connectivity index (χ2n) is 9.11. The van der Waals surface area contributed by atoms with Crippen molar-refractivity contribution in [3.05, 3.63) is 53.8 Å². The largest absolute Gasteiger partial charge is 0.493 e. The van der Waals surface area contributed by atoms with Gasteiger partial charge in [-0.05, 0) is 60.8 Å². The molecule has 0 aromatic heterocycles. The fraction of sp³-hybridized carbons (Fsp3) is 0.571. The molecule has 3 rings (SSSR count). The molecule has 1 saturated carbocycles. The summed E-state index contributed by atoms with van der Waals surface area (Å²) in [6, 6.07) is 13.7. The van der Waals surface area contributed by atoms with Crippen molar-refractivity contribution >= 4 is 0 Å². The summed E-state index contributed by atoms with van der Waals surface area (Å²) in [4.78, 5) is 0. The Hall–Kier alpha value is -1.83. The molecule has 1 aliphatic carbocycles. The molecule has 30 heavy (non-hydrogen) atoms. The second kappa shape index (κ2) is 12.1. The summed E-state index contributed by atoms with van der Waals surface area (Å²) < 4.78 is 20.7. The molecular formula is C28H39FO. The molecule has 0 spiro atoms. The molecule has 2 aromatic rings. The predicted molar refractivity (Wildman–Crippen MR) is 126 cm³/mol. The van der Waals surface area contributed by atoms with E-state index in [2.05, 4.69) is 26.0 Å². The zero-order chi connectivity index (χ0) is 21.2. The van der Waals surface area contributed by atoms with Gasteiger partial charge in [-0.3, -0.25) is 0 Å². The van der Waals surface area contributed by atoms with Crippen LogP contribution in [0.15, 0.2) is 42.5 Å². The van der Waals surface area contributed by atoms with Crippen LogP contribution in [0.3, 0.4) is 0 Å². The molecule has 0 amide bonds. The van der Waals surface area contributed by atoms with Crippen LogP contribution in [-0.4, -0.2) is 6.61 Å². The van der Waals surface area contributed by atoms with E-state index < -0.39 is 0 Å². The van der Waals surface area contributed by atoms with Crippen molar-refractivity contribution in [1.29, 1.82) is 0 Å². The van der Waals surface area contributed by atoms with Gasteiger partial charge in [-0.2, -0.15) is 0 Å². The highest BCUT2D eigenvalue weighted by Crippen LogP contribution is 2.32. The topological polar surface area (TPSA) is 9.23 Å². The number of benzene rings is 2. The third-order valence-corrected chi connectivity index (χ3v) is 6.80. The summed E-state index contributed by atoms with van der Waals surface area (Å²) >= 11 is 0. The zero-order valence-electron chi connectivity index (χ0n) is 19.0. The molecule has 2 aromatic carbocycles. The van der Waals surface area contributed by atoms with E-state index >= 15 is 0 Å². The maximum Gasteiger partial charge on any atom is 0.134 e. The first-order chi connectivity index (χ1) is 14.7. The van der Waals surface area contributed by atoms with Crippen LogP contribution in [0, 0.1) is 17.7 Å². The van der Waals surface area contributed by atoms with Crippen LogP contribution < -0.4 is 4.74 Å². The first-order valence-electron chi connectivity index (χ1n) is 12.2. The van der Waals surface area contributed by atoms with Crippen LogP contribution >= 0.6 is 0 Å². The first kappa shape index (κ1) is 22.8. The summed E-state index contributed by atoms with van der Waals surface area (Å²) in [5.74, 6) is 1.96. The van der Waals surface area contributed by atoms with Crippen LogP contribution in [0.4, 0.5) is 4.39 Å². The van der Waals surface area contributed by atoms with E-state index in [-0.39, 0.29) is 5.82 Å². The smallest absolute Gasteiger partial charge is 0.134 e. The van der Waals surface area contributed by atoms with Crippen LogP contribution in [0.5, 0.6) is 5.75 Å². The maximum atomic E-state index is 14.7. The van der Waals surface area contributed by atoms with E-state index in [1.54, 1.807) is 6.07 Å². The monoisotopic (exact) mass is 410 g/mol. The minimum atomic E-state index is -0.200. The minimum Gasteiger partial charge on any atom is -0.493 e. The third-order valence-electron chi connectivity index (χ3n) is 6.80. The molecule has 1 nitrogen and oxygen atoms in total. The Balaban J connectivity index is 1.50. The Morgan fingerprint density at radius 3 is 2.20 bits per heavy atom. The van der Waals surface area contributed by atoms with Crippen molar-refractivity contribution in [3.63, 3.8) is 0 Å². The molecular weight excluding hydrogens is 371 g/mol. The predicted octanol–water partition coefficient (Wildman–Crippen LogP) is 8.60. The maximum absolute atomic E-state index is 14.7. The van der Waals surface area contributed by atoms with Gasteiger partial charge in [-0.15, -0.1) is 0 Å². The number of aryl methyl sites for hydroxylation is 1. The Labute approximate surface area is 183 Å². The normalized spacial score (nSPS) is 19.0. The quantitative estimate of drug-likeness (QED) is 0.337. The molecule has 164 valence electrons. The van der Waals surface area contributed by atoms with Gasteiger partial charge in [0.15, 0.2) is 0 Å². The second-order valence-corrected chi connectivity index (χ2v) is 9.11. The van der Waals surface area contributed by atoms with Gasteiger partial charge in [0.2, 0.25) is 0 Å². The molecule has 0 radical (unpaired) electrons. The fourth-order valence-corrected chi connectivity index (χ4v) is 4.62. The SMILES string of the molecule is CCCCCCCc1ccc(-c2ccc(OCC3CCC(CC)CC3)cc2F)cc1. The lowest BCUT2D eigenvalue weighted by molar-refractivity contribution is 0.180. The van der Waals surface area contributed by atoms with Crippen molar-refractivity contribution < 1.29 is 9.13 Å². The number of rotatable bonds is 11. The molecule has 0 aliphatic heterocycles. The van der Waals surface area contributed by atoms with Gasteiger partial charge in [0.05, 0.1) is 6.61 Å². The number of halogens is 1. The Morgan fingerprint density at radius 2 is 1.53 bits per heavy atom. The van der Waals surface area contributed by atoms with Crippen LogP contribution in [0.1, 0.15) is 83.6 Å². The number of hydrogen-bond acceptors (Lipinski definition) is 1. The molecule has 0 saturated heterocycles. The highest BCUT2D eigenvalue weighted by Gasteiger charge is 2.20. The van der Waals surface area contributed by atoms with E-state index in [0.717, 1.165) is 17.9 Å². The Bertz CT molecular complexity index is 744. The number of ether oxygens (including phenoxy) is 1. The molecule has 0 N–H and O–H groups in total.